The van der Waals surface area contributed by atoms with Crippen LogP contribution in [0.1, 0.15) is 35.3 Å². The Hall–Kier alpha value is -3.79. The quantitative estimate of drug-likeness (QED) is 0.345. The average Bonchev–Trinajstić information content (AvgIpc) is 3.45. The summed E-state index contributed by atoms with van der Waals surface area (Å²) in [6, 6.07) is 10.7. The lowest BCUT2D eigenvalue weighted by atomic mass is 9.81. The molecule has 0 spiro atoms. The fourth-order valence-corrected chi connectivity index (χ4v) is 5.26. The highest BCUT2D eigenvalue weighted by Crippen LogP contribution is 2.49. The van der Waals surface area contributed by atoms with Gasteiger partial charge in [0.15, 0.2) is 5.78 Å². The third kappa shape index (κ3) is 5.52. The van der Waals surface area contributed by atoms with Crippen LogP contribution >= 0.6 is 0 Å². The highest BCUT2D eigenvalue weighted by molar-refractivity contribution is 5.98. The molecule has 4 rings (SSSR count). The van der Waals surface area contributed by atoms with E-state index in [1.165, 1.54) is 24.8 Å². The normalized spacial score (nSPS) is 19.5. The number of hydrogen-bond donors (Lipinski definition) is 4. The van der Waals surface area contributed by atoms with Crippen molar-refractivity contribution in [3.63, 3.8) is 0 Å². The number of anilines is 2. The summed E-state index contributed by atoms with van der Waals surface area (Å²) in [5.74, 6) is -4.72. The molecule has 0 bridgehead atoms. The van der Waals surface area contributed by atoms with Gasteiger partial charge in [0.05, 0.1) is 18.5 Å². The number of carbonyl (C=O) groups excluding carboxylic acids is 3. The number of carbonyl (C=O) groups is 3. The van der Waals surface area contributed by atoms with E-state index < -0.39 is 47.6 Å². The molecule has 0 unspecified atom stereocenters. The van der Waals surface area contributed by atoms with E-state index in [0.29, 0.717) is 23.2 Å². The van der Waals surface area contributed by atoms with Gasteiger partial charge in [0.2, 0.25) is 5.91 Å². The van der Waals surface area contributed by atoms with Crippen molar-refractivity contribution in [1.29, 1.82) is 0 Å². The number of alkyl halides is 2. The summed E-state index contributed by atoms with van der Waals surface area (Å²) in [7, 11) is 0. The molecule has 2 aliphatic heterocycles. The third-order valence-electron chi connectivity index (χ3n) is 7.58. The van der Waals surface area contributed by atoms with E-state index >= 15 is 8.78 Å². The fraction of sp³-hybridized carbons (Fsp3) is 0.414. The molecule has 0 radical (unpaired) electrons. The number of halogens is 2. The van der Waals surface area contributed by atoms with Gasteiger partial charge in [-0.05, 0) is 35.7 Å². The van der Waals surface area contributed by atoms with Gasteiger partial charge >= 0.3 is 0 Å². The van der Waals surface area contributed by atoms with E-state index in [1.54, 1.807) is 36.4 Å². The van der Waals surface area contributed by atoms with Crippen molar-refractivity contribution in [3.05, 3.63) is 71.8 Å². The minimum atomic E-state index is -3.18. The number of para-hydroxylation sites is 1. The van der Waals surface area contributed by atoms with Gasteiger partial charge in [-0.3, -0.25) is 14.4 Å². The number of benzene rings is 2. The van der Waals surface area contributed by atoms with Crippen LogP contribution in [0.3, 0.4) is 0 Å². The van der Waals surface area contributed by atoms with E-state index in [9.17, 15) is 19.5 Å². The number of Topliss-reactive ketones (excluding diaryl/α,β-unsaturated/α-hetero) is 1. The summed E-state index contributed by atoms with van der Waals surface area (Å²) in [6.45, 7) is 6.13. The number of aliphatic hydroxyl groups excluding tert-OH is 1. The maximum absolute atomic E-state index is 15.1. The molecule has 1 fully saturated rings. The molecule has 2 aliphatic rings. The Morgan fingerprint density at radius 1 is 1.18 bits per heavy atom. The van der Waals surface area contributed by atoms with Crippen molar-refractivity contribution in [2.45, 2.75) is 44.8 Å². The topological polar surface area (TPSA) is 111 Å². The first kappa shape index (κ1) is 28.2. The number of fused-ring (bicyclic) bond motifs is 1. The molecular weight excluding hydrogens is 506 g/mol. The second-order valence-corrected chi connectivity index (χ2v) is 10.5. The van der Waals surface area contributed by atoms with E-state index in [4.69, 9.17) is 0 Å². The zero-order valence-electron chi connectivity index (χ0n) is 22.1. The zero-order chi connectivity index (χ0) is 28.4. The van der Waals surface area contributed by atoms with E-state index in [1.807, 2.05) is 6.07 Å². The Morgan fingerprint density at radius 2 is 1.92 bits per heavy atom. The molecule has 2 heterocycles. The van der Waals surface area contributed by atoms with Crippen molar-refractivity contribution in [2.75, 3.05) is 36.4 Å². The molecule has 2 aromatic rings. The van der Waals surface area contributed by atoms with Gasteiger partial charge in [-0.15, -0.1) is 6.58 Å². The number of nitrogens with zero attached hydrogens (tertiary/aromatic N) is 1. The Morgan fingerprint density at radius 3 is 2.67 bits per heavy atom. The van der Waals surface area contributed by atoms with Crippen LogP contribution in [0.4, 0.5) is 20.2 Å². The Labute approximate surface area is 226 Å². The predicted molar refractivity (Wildman–Crippen MR) is 145 cm³/mol. The first-order valence-electron chi connectivity index (χ1n) is 12.9. The molecule has 10 heteroatoms. The predicted octanol–water partition coefficient (Wildman–Crippen LogP) is 2.71. The van der Waals surface area contributed by atoms with Gasteiger partial charge in [0.25, 0.3) is 11.8 Å². The summed E-state index contributed by atoms with van der Waals surface area (Å²) in [5.41, 5.74) is 1.30. The molecule has 2 aromatic carbocycles. The maximum atomic E-state index is 15.1. The molecule has 0 aliphatic carbocycles. The molecule has 1 saturated heterocycles. The lowest BCUT2D eigenvalue weighted by Crippen LogP contribution is -2.51. The van der Waals surface area contributed by atoms with Gasteiger partial charge in [0.1, 0.15) is 12.1 Å². The van der Waals surface area contributed by atoms with Crippen LogP contribution in [0.25, 0.3) is 0 Å². The molecule has 0 aromatic heterocycles. The average molecular weight is 541 g/mol. The molecule has 4 N–H and O–H groups in total. The van der Waals surface area contributed by atoms with Crippen molar-refractivity contribution < 1.29 is 28.3 Å². The minimum absolute atomic E-state index is 0.130. The minimum Gasteiger partial charge on any atom is -0.384 e. The largest absolute Gasteiger partial charge is 0.384 e. The SMILES string of the molecule is C=CCNC(=O)[C@H]1N(c2ccccc2CC(=O)[C@@H](O)CNC(=O)c2cccc3c2CCN3)CC(F)(F)C1(C)C. The monoisotopic (exact) mass is 540 g/mol. The summed E-state index contributed by atoms with van der Waals surface area (Å²) in [5, 5.41) is 19.0. The van der Waals surface area contributed by atoms with E-state index in [-0.39, 0.29) is 19.5 Å². The second kappa shape index (κ2) is 11.1. The van der Waals surface area contributed by atoms with Crippen LogP contribution < -0.4 is 20.9 Å². The van der Waals surface area contributed by atoms with Crippen LogP contribution in [0.5, 0.6) is 0 Å². The zero-order valence-corrected chi connectivity index (χ0v) is 22.1. The summed E-state index contributed by atoms with van der Waals surface area (Å²) >= 11 is 0. The van der Waals surface area contributed by atoms with Gasteiger partial charge in [-0.2, -0.15) is 0 Å². The highest BCUT2D eigenvalue weighted by atomic mass is 19.3. The summed E-state index contributed by atoms with van der Waals surface area (Å²) in [6.07, 6.45) is 0.411. The first-order valence-corrected chi connectivity index (χ1v) is 12.9. The van der Waals surface area contributed by atoms with E-state index in [2.05, 4.69) is 22.5 Å². The van der Waals surface area contributed by atoms with Crippen molar-refractivity contribution >= 4 is 29.0 Å². The number of rotatable bonds is 10. The first-order chi connectivity index (χ1) is 18.5. The number of amides is 2. The lowest BCUT2D eigenvalue weighted by Gasteiger charge is -2.34. The van der Waals surface area contributed by atoms with Crippen LogP contribution in [0.2, 0.25) is 0 Å². The van der Waals surface area contributed by atoms with Gasteiger partial charge in [0, 0.05) is 36.4 Å². The second-order valence-electron chi connectivity index (χ2n) is 10.5. The number of nitrogens with one attached hydrogen (secondary N) is 3. The van der Waals surface area contributed by atoms with Crippen molar-refractivity contribution in [1.82, 2.24) is 10.6 Å². The van der Waals surface area contributed by atoms with Crippen LogP contribution in [-0.2, 0) is 22.4 Å². The molecule has 2 amide bonds. The molecule has 39 heavy (non-hydrogen) atoms. The fourth-order valence-electron chi connectivity index (χ4n) is 5.26. The number of hydrogen-bond acceptors (Lipinski definition) is 6. The number of ketones is 1. The third-order valence-corrected chi connectivity index (χ3v) is 7.58. The van der Waals surface area contributed by atoms with Crippen LogP contribution in [-0.4, -0.2) is 67.0 Å². The smallest absolute Gasteiger partial charge is 0.272 e. The van der Waals surface area contributed by atoms with Gasteiger partial charge in [-0.25, -0.2) is 8.78 Å². The Kier molecular flexibility index (Phi) is 8.06. The van der Waals surface area contributed by atoms with Gasteiger partial charge in [-0.1, -0.05) is 44.2 Å². The Balaban J connectivity index is 1.48. The lowest BCUT2D eigenvalue weighted by molar-refractivity contribution is -0.130. The van der Waals surface area contributed by atoms with Gasteiger partial charge < -0.3 is 26.0 Å². The Bertz CT molecular complexity index is 1280. The highest BCUT2D eigenvalue weighted by Gasteiger charge is 2.63. The standard InChI is InChI=1S/C29H34F2N4O4/c1-4-13-33-27(39)25-28(2,3)29(30,31)17-35(25)22-11-6-5-8-18(22)15-23(36)24(37)16-34-26(38)20-9-7-10-21-19(20)12-14-32-21/h4-11,24-25,32,37H,1,12-17H2,2-3H3,(H,33,39)(H,34,38)/t24-,25+/m0/s1. The van der Waals surface area contributed by atoms with Crippen molar-refractivity contribution in [2.24, 2.45) is 5.41 Å². The van der Waals surface area contributed by atoms with Crippen LogP contribution in [0, 0.1) is 5.41 Å². The maximum Gasteiger partial charge on any atom is 0.272 e. The van der Waals surface area contributed by atoms with E-state index in [0.717, 1.165) is 17.8 Å². The molecule has 208 valence electrons. The molecule has 0 saturated carbocycles. The number of aliphatic hydroxyl groups is 1. The van der Waals surface area contributed by atoms with Crippen LogP contribution in [0.15, 0.2) is 55.1 Å². The van der Waals surface area contributed by atoms with Crippen molar-refractivity contribution in [3.8, 4) is 0 Å². The molecular formula is C29H34F2N4O4. The molecule has 8 nitrogen and oxygen atoms in total. The summed E-state index contributed by atoms with van der Waals surface area (Å²) < 4.78 is 30.2. The molecule has 2 atom stereocenters. The summed E-state index contributed by atoms with van der Waals surface area (Å²) in [4.78, 5) is 40.0.